The molecule has 18 heteroatoms. The minimum Gasteiger partial charge on any atom is -0.488 e. The molecule has 6 heterocycles. The molecule has 0 saturated heterocycles. The number of fused-ring (bicyclic) bond motifs is 4. The predicted octanol–water partition coefficient (Wildman–Crippen LogP) is 6.26. The number of amides is 2. The molecule has 0 unspecified atom stereocenters. The van der Waals surface area contributed by atoms with Gasteiger partial charge in [0.1, 0.15) is 45.3 Å². The number of aliphatic hydroxyl groups is 4. The molecular weight excluding hydrogens is 873 g/mol. The van der Waals surface area contributed by atoms with Crippen LogP contribution in [0.2, 0.25) is 0 Å². The molecule has 4 aliphatic rings. The number of carbonyl (C=O) groups is 2. The van der Waals surface area contributed by atoms with Crippen molar-refractivity contribution in [1.29, 1.82) is 0 Å². The van der Waals surface area contributed by atoms with Crippen LogP contribution in [0.3, 0.4) is 0 Å². The summed E-state index contributed by atoms with van der Waals surface area (Å²) < 4.78 is 28.1. The van der Waals surface area contributed by atoms with Gasteiger partial charge in [-0.1, -0.05) is 0 Å². The summed E-state index contributed by atoms with van der Waals surface area (Å²) in [5.41, 5.74) is 0.669. The largest absolute Gasteiger partial charge is 0.488 e. The van der Waals surface area contributed by atoms with Crippen molar-refractivity contribution in [3.05, 3.63) is 95.8 Å². The highest BCUT2D eigenvalue weighted by Gasteiger charge is 2.48. The number of nitrogens with one attached hydrogen (secondary N) is 2. The van der Waals surface area contributed by atoms with Gasteiger partial charge in [-0.15, -0.1) is 0 Å². The van der Waals surface area contributed by atoms with Crippen LogP contribution in [0.1, 0.15) is 125 Å². The zero-order chi connectivity index (χ0) is 48.2. The van der Waals surface area contributed by atoms with Gasteiger partial charge in [-0.2, -0.15) is 10.2 Å². The van der Waals surface area contributed by atoms with Crippen LogP contribution in [-0.4, -0.2) is 108 Å². The van der Waals surface area contributed by atoms with E-state index < -0.39 is 22.4 Å². The Labute approximate surface area is 393 Å². The van der Waals surface area contributed by atoms with E-state index in [1.807, 2.05) is 26.0 Å². The van der Waals surface area contributed by atoms with E-state index in [1.165, 1.54) is 12.4 Å². The van der Waals surface area contributed by atoms with E-state index in [0.29, 0.717) is 95.3 Å². The van der Waals surface area contributed by atoms with E-state index in [0.717, 1.165) is 36.8 Å². The number of hydrogen-bond acceptors (Lipinski definition) is 14. The van der Waals surface area contributed by atoms with Crippen LogP contribution in [0.4, 0.5) is 11.4 Å². The van der Waals surface area contributed by atoms with Crippen molar-refractivity contribution in [1.82, 2.24) is 29.2 Å². The number of benzene rings is 2. The van der Waals surface area contributed by atoms with E-state index >= 15 is 0 Å². The predicted molar refractivity (Wildman–Crippen MR) is 251 cm³/mol. The maximum absolute atomic E-state index is 13.2. The van der Waals surface area contributed by atoms with Gasteiger partial charge in [0.15, 0.2) is 11.3 Å². The highest BCUT2D eigenvalue weighted by atomic mass is 16.5. The molecule has 68 heavy (non-hydrogen) atoms. The highest BCUT2D eigenvalue weighted by Crippen LogP contribution is 2.47. The SMILES string of the molecule is CC(C)(O)[C@@]1(C)Cc2cc(NC(=O)c3cnn4cccnc34)c(OC3CCC(O)CC3)cc2O1.CC(C)(O)[C@]1(C)Cc2cc(NC(=O)c3cnn4cccnc34)c(OC3CCC(O)CC3)cc2O1. The number of ether oxygens (including phenoxy) is 4. The molecule has 0 radical (unpaired) electrons. The Morgan fingerprint density at radius 3 is 1.40 bits per heavy atom. The van der Waals surface area contributed by atoms with Gasteiger partial charge in [0, 0.05) is 60.9 Å². The van der Waals surface area contributed by atoms with Crippen molar-refractivity contribution in [3.8, 4) is 23.0 Å². The van der Waals surface area contributed by atoms with Crippen LogP contribution in [0.15, 0.2) is 73.6 Å². The summed E-state index contributed by atoms with van der Waals surface area (Å²) in [7, 11) is 0. The Bertz CT molecular complexity index is 2640. The molecule has 18 nitrogen and oxygen atoms in total. The van der Waals surface area contributed by atoms with Crippen molar-refractivity contribution in [2.45, 2.75) is 153 Å². The average Bonchev–Trinajstić information content (AvgIpc) is 4.08. The van der Waals surface area contributed by atoms with E-state index in [2.05, 4.69) is 30.8 Å². The molecule has 2 aliphatic carbocycles. The van der Waals surface area contributed by atoms with Crippen molar-refractivity contribution in [3.63, 3.8) is 0 Å². The molecule has 2 aromatic carbocycles. The normalized spacial score (nSPS) is 24.5. The molecule has 2 aliphatic heterocycles. The molecule has 0 spiro atoms. The number of nitrogens with zero attached hydrogens (tertiary/aromatic N) is 6. The van der Waals surface area contributed by atoms with Crippen LogP contribution in [-0.2, 0) is 12.8 Å². The zero-order valence-electron chi connectivity index (χ0n) is 39.2. The van der Waals surface area contributed by atoms with Crippen LogP contribution in [0.5, 0.6) is 23.0 Å². The van der Waals surface area contributed by atoms with Gasteiger partial charge in [0.05, 0.1) is 59.4 Å². The Morgan fingerprint density at radius 2 is 1.03 bits per heavy atom. The van der Waals surface area contributed by atoms with E-state index in [-0.39, 0.29) is 36.2 Å². The summed E-state index contributed by atoms with van der Waals surface area (Å²) >= 11 is 0. The topological polar surface area (TPSA) is 236 Å². The van der Waals surface area contributed by atoms with E-state index in [9.17, 15) is 30.0 Å². The van der Waals surface area contributed by atoms with Crippen LogP contribution in [0, 0.1) is 0 Å². The number of hydrogen-bond donors (Lipinski definition) is 6. The first-order valence-electron chi connectivity index (χ1n) is 23.3. The summed E-state index contributed by atoms with van der Waals surface area (Å²) in [5.74, 6) is 1.57. The Balaban J connectivity index is 0.000000170. The lowest BCUT2D eigenvalue weighted by molar-refractivity contribution is -0.0901. The number of aliphatic hydroxyl groups excluding tert-OH is 2. The molecule has 2 fully saturated rings. The number of rotatable bonds is 10. The third-order valence-corrected chi connectivity index (χ3v) is 14.1. The van der Waals surface area contributed by atoms with E-state index in [4.69, 9.17) is 18.9 Å². The van der Waals surface area contributed by atoms with Crippen LogP contribution < -0.4 is 29.6 Å². The lowest BCUT2D eigenvalue weighted by atomic mass is 9.84. The molecule has 4 aromatic heterocycles. The third kappa shape index (κ3) is 9.42. The lowest BCUT2D eigenvalue weighted by Crippen LogP contribution is -2.51. The summed E-state index contributed by atoms with van der Waals surface area (Å²) in [4.78, 5) is 34.9. The molecule has 0 bridgehead atoms. The molecule has 2 amide bonds. The minimum absolute atomic E-state index is 0.0715. The van der Waals surface area contributed by atoms with E-state index in [1.54, 1.807) is 85.8 Å². The van der Waals surface area contributed by atoms with Crippen molar-refractivity contribution >= 4 is 34.5 Å². The van der Waals surface area contributed by atoms with Crippen LogP contribution >= 0.6 is 0 Å². The van der Waals surface area contributed by atoms with Crippen molar-refractivity contribution in [2.24, 2.45) is 0 Å². The fraction of sp³-hybridized carbons (Fsp3) is 0.480. The molecule has 6 aromatic rings. The van der Waals surface area contributed by atoms with Gasteiger partial charge in [0.2, 0.25) is 0 Å². The first-order chi connectivity index (χ1) is 32.3. The summed E-state index contributed by atoms with van der Waals surface area (Å²) in [6.45, 7) is 10.7. The molecule has 360 valence electrons. The van der Waals surface area contributed by atoms with Gasteiger partial charge in [-0.3, -0.25) is 9.59 Å². The minimum atomic E-state index is -1.07. The quantitative estimate of drug-likeness (QED) is 0.0891. The first-order valence-corrected chi connectivity index (χ1v) is 23.3. The molecule has 2 saturated carbocycles. The second-order valence-electron chi connectivity index (χ2n) is 19.9. The first kappa shape index (κ1) is 46.8. The second-order valence-corrected chi connectivity index (χ2v) is 19.9. The zero-order valence-corrected chi connectivity index (χ0v) is 39.2. The average molecular weight is 933 g/mol. The molecule has 6 N–H and O–H groups in total. The fourth-order valence-electron chi connectivity index (χ4n) is 9.07. The van der Waals surface area contributed by atoms with Gasteiger partial charge < -0.3 is 50.0 Å². The Kier molecular flexibility index (Phi) is 12.3. The Morgan fingerprint density at radius 1 is 0.647 bits per heavy atom. The molecule has 2 atom stereocenters. The second kappa shape index (κ2) is 18.0. The summed E-state index contributed by atoms with van der Waals surface area (Å²) in [5, 5.41) is 55.4. The van der Waals surface area contributed by atoms with Gasteiger partial charge in [0.25, 0.3) is 11.8 Å². The monoisotopic (exact) mass is 932 g/mol. The summed E-state index contributed by atoms with van der Waals surface area (Å²) in [6.07, 6.45) is 15.5. The molecule has 10 rings (SSSR count). The third-order valence-electron chi connectivity index (χ3n) is 14.1. The summed E-state index contributed by atoms with van der Waals surface area (Å²) in [6, 6.07) is 10.8. The Hall–Kier alpha value is -6.34. The van der Waals surface area contributed by atoms with Gasteiger partial charge in [-0.05, 0) is 117 Å². The van der Waals surface area contributed by atoms with Crippen molar-refractivity contribution in [2.75, 3.05) is 10.6 Å². The van der Waals surface area contributed by atoms with Crippen molar-refractivity contribution < 1.29 is 49.0 Å². The van der Waals surface area contributed by atoms with Crippen LogP contribution in [0.25, 0.3) is 11.3 Å². The fourth-order valence-corrected chi connectivity index (χ4v) is 9.07. The highest BCUT2D eigenvalue weighted by molar-refractivity contribution is 6.09. The maximum Gasteiger partial charge on any atom is 0.261 e. The number of anilines is 2. The van der Waals surface area contributed by atoms with Gasteiger partial charge >= 0.3 is 0 Å². The van der Waals surface area contributed by atoms with Gasteiger partial charge in [-0.25, -0.2) is 19.0 Å². The number of aromatic nitrogens is 6. The smallest absolute Gasteiger partial charge is 0.261 e. The maximum atomic E-state index is 13.2. The molecular formula is C50H60N8O10. The number of carbonyl (C=O) groups excluding carboxylic acids is 2. The lowest BCUT2D eigenvalue weighted by Gasteiger charge is -2.36. The standard InChI is InChI=1S/2C25H30N4O5/c2*1-24(2,32)25(3)13-15-11-19(28-23(31)18-14-27-29-10-4-9-26-22(18)29)21(12-20(15)34-25)33-17-7-5-16(30)6-8-17/h2*4,9-12,14,16-17,30,32H,5-8,13H2,1-3H3,(H,28,31)/t2*16?,17?,25-/m10/s1.